The van der Waals surface area contributed by atoms with Crippen LogP contribution < -0.4 is 4.90 Å². The number of carbonyl (C=O) groups excluding carboxylic acids is 2. The molecule has 0 unspecified atom stereocenters. The molecule has 2 aromatic rings. The number of amides is 2. The van der Waals surface area contributed by atoms with Gasteiger partial charge in [-0.05, 0) is 37.5 Å². The van der Waals surface area contributed by atoms with Crippen LogP contribution >= 0.6 is 0 Å². The maximum atomic E-state index is 12.9. The van der Waals surface area contributed by atoms with Crippen LogP contribution in [0.15, 0.2) is 30.3 Å². The lowest BCUT2D eigenvalue weighted by Gasteiger charge is -2.39. The van der Waals surface area contributed by atoms with Crippen molar-refractivity contribution in [1.82, 2.24) is 14.8 Å². The molecule has 2 aliphatic heterocycles. The maximum Gasteiger partial charge on any atom is 0.225 e. The van der Waals surface area contributed by atoms with Crippen LogP contribution in [0.5, 0.6) is 0 Å². The van der Waals surface area contributed by atoms with E-state index in [4.69, 9.17) is 4.98 Å². The van der Waals surface area contributed by atoms with Crippen molar-refractivity contribution in [2.45, 2.75) is 26.7 Å². The first kappa shape index (κ1) is 18.7. The average Bonchev–Trinajstić information content (AvgIpc) is 2.73. The van der Waals surface area contributed by atoms with Crippen LogP contribution in [0.1, 0.15) is 25.3 Å². The molecule has 0 bridgehead atoms. The summed E-state index contributed by atoms with van der Waals surface area (Å²) in [5.41, 5.74) is 2.25. The van der Waals surface area contributed by atoms with Crippen molar-refractivity contribution in [3.05, 3.63) is 35.9 Å². The highest BCUT2D eigenvalue weighted by atomic mass is 16.2. The zero-order valence-corrected chi connectivity index (χ0v) is 16.7. The Balaban J connectivity index is 1.37. The molecule has 3 heterocycles. The molecule has 2 amide bonds. The van der Waals surface area contributed by atoms with E-state index in [-0.39, 0.29) is 17.7 Å². The van der Waals surface area contributed by atoms with Crippen LogP contribution in [0.25, 0.3) is 10.9 Å². The Morgan fingerprint density at radius 1 is 0.964 bits per heavy atom. The predicted octanol–water partition coefficient (Wildman–Crippen LogP) is 2.45. The van der Waals surface area contributed by atoms with Crippen molar-refractivity contribution in [1.29, 1.82) is 0 Å². The quantitative estimate of drug-likeness (QED) is 0.803. The van der Waals surface area contributed by atoms with Crippen LogP contribution in [0.2, 0.25) is 0 Å². The van der Waals surface area contributed by atoms with E-state index in [1.54, 1.807) is 6.92 Å². The molecular weight excluding hydrogens is 352 g/mol. The van der Waals surface area contributed by atoms with E-state index in [1.807, 2.05) is 21.9 Å². The summed E-state index contributed by atoms with van der Waals surface area (Å²) in [5, 5.41) is 1.19. The van der Waals surface area contributed by atoms with E-state index in [9.17, 15) is 9.59 Å². The third-order valence-corrected chi connectivity index (χ3v) is 6.11. The van der Waals surface area contributed by atoms with Crippen LogP contribution in [-0.4, -0.2) is 65.9 Å². The summed E-state index contributed by atoms with van der Waals surface area (Å²) in [6.45, 7) is 8.22. The fraction of sp³-hybridized carbons (Fsp3) is 0.500. The molecule has 0 aliphatic carbocycles. The molecule has 0 spiro atoms. The second-order valence-corrected chi connectivity index (χ2v) is 7.91. The number of pyridine rings is 1. The number of benzene rings is 1. The van der Waals surface area contributed by atoms with Gasteiger partial charge in [-0.15, -0.1) is 0 Å². The van der Waals surface area contributed by atoms with E-state index in [0.29, 0.717) is 13.1 Å². The average molecular weight is 380 g/mol. The Kier molecular flexibility index (Phi) is 5.20. The summed E-state index contributed by atoms with van der Waals surface area (Å²) >= 11 is 0. The van der Waals surface area contributed by atoms with Gasteiger partial charge >= 0.3 is 0 Å². The van der Waals surface area contributed by atoms with E-state index < -0.39 is 0 Å². The van der Waals surface area contributed by atoms with Crippen molar-refractivity contribution in [2.75, 3.05) is 44.2 Å². The molecule has 2 saturated heterocycles. The summed E-state index contributed by atoms with van der Waals surface area (Å²) in [4.78, 5) is 35.3. The Labute approximate surface area is 166 Å². The summed E-state index contributed by atoms with van der Waals surface area (Å²) in [7, 11) is 0. The van der Waals surface area contributed by atoms with Gasteiger partial charge in [-0.2, -0.15) is 0 Å². The molecule has 1 aromatic heterocycles. The summed E-state index contributed by atoms with van der Waals surface area (Å²) in [6, 6.07) is 10.4. The number of piperidine rings is 1. The number of hydrogen-bond acceptors (Lipinski definition) is 4. The highest BCUT2D eigenvalue weighted by Gasteiger charge is 2.31. The number of aryl methyl sites for hydroxylation is 1. The van der Waals surface area contributed by atoms with Gasteiger partial charge in [-0.3, -0.25) is 9.59 Å². The predicted molar refractivity (Wildman–Crippen MR) is 110 cm³/mol. The number of rotatable bonds is 2. The minimum atomic E-state index is 0.0585. The fourth-order valence-electron chi connectivity index (χ4n) is 4.35. The number of para-hydroxylation sites is 1. The Morgan fingerprint density at radius 3 is 2.32 bits per heavy atom. The topological polar surface area (TPSA) is 56.8 Å². The van der Waals surface area contributed by atoms with E-state index in [0.717, 1.165) is 50.4 Å². The molecule has 1 aromatic carbocycles. The molecule has 0 atom stereocenters. The number of carbonyl (C=O) groups is 2. The molecule has 6 heteroatoms. The SMILES string of the molecule is CC(=O)N1CCC(C(=O)N2CCN(c3cc(C)c4ccccc4n3)CC2)CC1. The molecule has 2 fully saturated rings. The van der Waals surface area contributed by atoms with E-state index in [1.165, 1.54) is 10.9 Å². The number of nitrogens with zero attached hydrogens (tertiary/aromatic N) is 4. The molecule has 2 aliphatic rings. The van der Waals surface area contributed by atoms with Crippen molar-refractivity contribution in [2.24, 2.45) is 5.92 Å². The third-order valence-electron chi connectivity index (χ3n) is 6.11. The number of aromatic nitrogens is 1. The summed E-state index contributed by atoms with van der Waals surface area (Å²) in [6.07, 6.45) is 1.56. The number of likely N-dealkylation sites (tertiary alicyclic amines) is 1. The van der Waals surface area contributed by atoms with Gasteiger partial charge in [0.2, 0.25) is 11.8 Å². The number of anilines is 1. The van der Waals surface area contributed by atoms with Gasteiger partial charge in [0, 0.05) is 57.5 Å². The van der Waals surface area contributed by atoms with Gasteiger partial charge < -0.3 is 14.7 Å². The fourth-order valence-corrected chi connectivity index (χ4v) is 4.35. The highest BCUT2D eigenvalue weighted by Crippen LogP contribution is 2.25. The zero-order chi connectivity index (χ0) is 19.7. The molecule has 0 saturated carbocycles. The summed E-state index contributed by atoms with van der Waals surface area (Å²) < 4.78 is 0. The zero-order valence-electron chi connectivity index (χ0n) is 16.7. The second-order valence-electron chi connectivity index (χ2n) is 7.91. The molecule has 6 nitrogen and oxygen atoms in total. The first-order chi connectivity index (χ1) is 13.5. The molecule has 148 valence electrons. The van der Waals surface area contributed by atoms with Crippen LogP contribution in [0, 0.1) is 12.8 Å². The first-order valence-electron chi connectivity index (χ1n) is 10.2. The lowest BCUT2D eigenvalue weighted by Crippen LogP contribution is -2.52. The second kappa shape index (κ2) is 7.78. The first-order valence-corrected chi connectivity index (χ1v) is 10.2. The van der Waals surface area contributed by atoms with E-state index in [2.05, 4.69) is 30.0 Å². The lowest BCUT2D eigenvalue weighted by atomic mass is 9.95. The minimum absolute atomic E-state index is 0.0585. The normalized spacial score (nSPS) is 18.6. The summed E-state index contributed by atoms with van der Waals surface area (Å²) in [5.74, 6) is 1.42. The molecular formula is C22H28N4O2. The Morgan fingerprint density at radius 2 is 1.64 bits per heavy atom. The minimum Gasteiger partial charge on any atom is -0.353 e. The van der Waals surface area contributed by atoms with Gasteiger partial charge in [0.15, 0.2) is 0 Å². The molecule has 0 radical (unpaired) electrons. The largest absolute Gasteiger partial charge is 0.353 e. The molecule has 28 heavy (non-hydrogen) atoms. The van der Waals surface area contributed by atoms with Gasteiger partial charge in [0.25, 0.3) is 0 Å². The van der Waals surface area contributed by atoms with Crippen molar-refractivity contribution < 1.29 is 9.59 Å². The Hall–Kier alpha value is -2.63. The van der Waals surface area contributed by atoms with Gasteiger partial charge in [0.1, 0.15) is 5.82 Å². The van der Waals surface area contributed by atoms with E-state index >= 15 is 0 Å². The maximum absolute atomic E-state index is 12.9. The van der Waals surface area contributed by atoms with Crippen molar-refractivity contribution in [3.63, 3.8) is 0 Å². The highest BCUT2D eigenvalue weighted by molar-refractivity contribution is 5.84. The van der Waals surface area contributed by atoms with Gasteiger partial charge in [-0.25, -0.2) is 4.98 Å². The number of hydrogen-bond donors (Lipinski definition) is 0. The number of piperazine rings is 1. The molecule has 4 rings (SSSR count). The van der Waals surface area contributed by atoms with Crippen LogP contribution in [-0.2, 0) is 9.59 Å². The lowest BCUT2D eigenvalue weighted by molar-refractivity contribution is -0.140. The third kappa shape index (κ3) is 3.68. The van der Waals surface area contributed by atoms with Crippen LogP contribution in [0.4, 0.5) is 5.82 Å². The van der Waals surface area contributed by atoms with Crippen molar-refractivity contribution >= 4 is 28.5 Å². The standard InChI is InChI=1S/C22H28N4O2/c1-16-15-21(23-20-6-4-3-5-19(16)20)25-11-13-26(14-12-25)22(28)18-7-9-24(10-8-18)17(2)27/h3-6,15,18H,7-14H2,1-2H3. The van der Waals surface area contributed by atoms with Gasteiger partial charge in [-0.1, -0.05) is 18.2 Å². The number of fused-ring (bicyclic) bond motifs is 1. The smallest absolute Gasteiger partial charge is 0.225 e. The Bertz CT molecular complexity index is 881. The molecule has 0 N–H and O–H groups in total. The monoisotopic (exact) mass is 380 g/mol. The van der Waals surface area contributed by atoms with Gasteiger partial charge in [0.05, 0.1) is 5.52 Å². The van der Waals surface area contributed by atoms with Crippen LogP contribution in [0.3, 0.4) is 0 Å². The van der Waals surface area contributed by atoms with Crippen molar-refractivity contribution in [3.8, 4) is 0 Å².